The maximum Gasteiger partial charge on any atom is 0.336 e. The first kappa shape index (κ1) is 28.4. The number of aliphatic imine (C=N–C) groups is 1. The quantitative estimate of drug-likeness (QED) is 0.245. The zero-order chi connectivity index (χ0) is 27.9. The van der Waals surface area contributed by atoms with Gasteiger partial charge in [-0.3, -0.25) is 9.79 Å². The van der Waals surface area contributed by atoms with E-state index in [1.807, 2.05) is 56.3 Å². The van der Waals surface area contributed by atoms with Crippen molar-refractivity contribution in [3.8, 4) is 17.2 Å². The summed E-state index contributed by atoms with van der Waals surface area (Å²) in [4.78, 5) is 32.3. The van der Waals surface area contributed by atoms with Crippen LogP contribution < -0.4 is 14.2 Å². The third-order valence-corrected chi connectivity index (χ3v) is 7.50. The number of nitrogens with zero attached hydrogens (tertiary/aromatic N) is 1. The number of carbonyl (C=O) groups is 2. The number of hydrogen-bond donors (Lipinski definition) is 0. The fourth-order valence-electron chi connectivity index (χ4n) is 5.59. The summed E-state index contributed by atoms with van der Waals surface area (Å²) in [6.07, 6.45) is 3.58. The van der Waals surface area contributed by atoms with Crippen LogP contribution in [-0.2, 0) is 14.3 Å². The lowest BCUT2D eigenvalue weighted by Crippen LogP contribution is -2.41. The highest BCUT2D eigenvalue weighted by Crippen LogP contribution is 2.48. The van der Waals surface area contributed by atoms with Crippen molar-refractivity contribution in [1.82, 2.24) is 0 Å². The van der Waals surface area contributed by atoms with Gasteiger partial charge in [0.2, 0.25) is 0 Å². The Morgan fingerprint density at radius 2 is 1.69 bits per heavy atom. The summed E-state index contributed by atoms with van der Waals surface area (Å²) in [6.45, 7) is 6.79. The van der Waals surface area contributed by atoms with Crippen molar-refractivity contribution in [1.29, 1.82) is 0 Å². The second kappa shape index (κ2) is 13.0. The molecule has 39 heavy (non-hydrogen) atoms. The second-order valence-corrected chi connectivity index (χ2v) is 10.1. The largest absolute Gasteiger partial charge is 0.493 e. The molecule has 0 bridgehead atoms. The van der Waals surface area contributed by atoms with Gasteiger partial charge in [-0.1, -0.05) is 44.5 Å². The van der Waals surface area contributed by atoms with Crippen LogP contribution in [0.4, 0.5) is 0 Å². The van der Waals surface area contributed by atoms with Crippen molar-refractivity contribution in [2.24, 2.45) is 10.9 Å². The van der Waals surface area contributed by atoms with Crippen LogP contribution >= 0.6 is 0 Å². The number of unbranched alkanes of at least 4 members (excludes halogenated alkanes) is 1. The Hall–Kier alpha value is -3.61. The Morgan fingerprint density at radius 1 is 0.923 bits per heavy atom. The highest BCUT2D eigenvalue weighted by molar-refractivity contribution is 6.12. The van der Waals surface area contributed by atoms with Crippen LogP contribution in [0.5, 0.6) is 17.2 Å². The molecule has 2 aromatic rings. The Morgan fingerprint density at radius 3 is 2.41 bits per heavy atom. The second-order valence-electron chi connectivity index (χ2n) is 10.1. The lowest BCUT2D eigenvalue weighted by molar-refractivity contribution is -0.139. The monoisotopic (exact) mass is 533 g/mol. The van der Waals surface area contributed by atoms with Gasteiger partial charge in [-0.2, -0.15) is 0 Å². The molecule has 0 N–H and O–H groups in total. The van der Waals surface area contributed by atoms with Crippen LogP contribution in [0.3, 0.4) is 0 Å². The molecule has 0 amide bonds. The Bertz CT molecular complexity index is 1260. The summed E-state index contributed by atoms with van der Waals surface area (Å²) in [5.74, 6) is 0.491. The molecule has 1 saturated carbocycles. The fraction of sp³-hybridized carbons (Fsp3) is 0.469. The molecule has 2 aliphatic rings. The van der Waals surface area contributed by atoms with Gasteiger partial charge in [0.25, 0.3) is 0 Å². The lowest BCUT2D eigenvalue weighted by atomic mass is 9.66. The standard InChI is InChI=1S/C32H39NO6/c1-6-8-16-38-26-12-10-9-11-23(26)30-29(32(35)39-15-7-2)20(3)33-24-17-22(18-25(34)31(24)30)21-13-14-27(36-4)28(19-21)37-5/h9-14,19,22,30-31H,6-8,15-18H2,1-5H3/t22-,30+,31?/m1/s1. The Kier molecular flexibility index (Phi) is 9.44. The van der Waals surface area contributed by atoms with E-state index in [9.17, 15) is 9.59 Å². The number of fused-ring (bicyclic) bond motifs is 1. The predicted molar refractivity (Wildman–Crippen MR) is 151 cm³/mol. The molecule has 2 aromatic carbocycles. The topological polar surface area (TPSA) is 83.4 Å². The van der Waals surface area contributed by atoms with E-state index in [2.05, 4.69) is 6.92 Å². The number of carbonyl (C=O) groups excluding carboxylic acids is 2. The Labute approximate surface area is 231 Å². The van der Waals surface area contributed by atoms with Gasteiger partial charge in [0, 0.05) is 29.3 Å². The molecule has 1 fully saturated rings. The molecule has 4 rings (SSSR count). The van der Waals surface area contributed by atoms with E-state index in [1.165, 1.54) is 0 Å². The minimum Gasteiger partial charge on any atom is -0.493 e. The van der Waals surface area contributed by atoms with E-state index in [4.69, 9.17) is 23.9 Å². The molecule has 0 aromatic heterocycles. The number of benzene rings is 2. The zero-order valence-electron chi connectivity index (χ0n) is 23.6. The first-order valence-electron chi connectivity index (χ1n) is 13.8. The first-order chi connectivity index (χ1) is 18.9. The van der Waals surface area contributed by atoms with Crippen molar-refractivity contribution >= 4 is 17.5 Å². The van der Waals surface area contributed by atoms with Gasteiger partial charge in [-0.25, -0.2) is 4.79 Å². The molecule has 1 heterocycles. The first-order valence-corrected chi connectivity index (χ1v) is 13.8. The van der Waals surface area contributed by atoms with E-state index >= 15 is 0 Å². The maximum absolute atomic E-state index is 14.0. The maximum atomic E-state index is 14.0. The molecule has 0 saturated heterocycles. The zero-order valence-corrected chi connectivity index (χ0v) is 23.6. The molecule has 1 aliphatic carbocycles. The van der Waals surface area contributed by atoms with E-state index in [1.54, 1.807) is 14.2 Å². The summed E-state index contributed by atoms with van der Waals surface area (Å²) in [5, 5.41) is 0. The predicted octanol–water partition coefficient (Wildman–Crippen LogP) is 6.41. The fourth-order valence-corrected chi connectivity index (χ4v) is 5.59. The molecule has 3 atom stereocenters. The van der Waals surface area contributed by atoms with E-state index in [0.717, 1.165) is 29.7 Å². The number of Topliss-reactive ketones (excluding diaryl/α,β-unsaturated/α-hetero) is 1. The van der Waals surface area contributed by atoms with Crippen molar-refractivity contribution in [2.75, 3.05) is 27.4 Å². The number of esters is 1. The summed E-state index contributed by atoms with van der Waals surface area (Å²) < 4.78 is 22.7. The Balaban J connectivity index is 1.76. The molecular weight excluding hydrogens is 494 g/mol. The molecule has 0 spiro atoms. The molecule has 7 nitrogen and oxygen atoms in total. The van der Waals surface area contributed by atoms with E-state index < -0.39 is 17.8 Å². The van der Waals surface area contributed by atoms with Crippen LogP contribution in [0.1, 0.15) is 75.8 Å². The molecule has 7 heteroatoms. The molecule has 208 valence electrons. The van der Waals surface area contributed by atoms with Gasteiger partial charge >= 0.3 is 5.97 Å². The average molecular weight is 534 g/mol. The molecule has 0 radical (unpaired) electrons. The molecule has 1 unspecified atom stereocenters. The summed E-state index contributed by atoms with van der Waals surface area (Å²) >= 11 is 0. The van der Waals surface area contributed by atoms with Crippen LogP contribution in [0, 0.1) is 5.92 Å². The minimum atomic E-state index is -0.551. The normalized spacial score (nSPS) is 20.7. The van der Waals surface area contributed by atoms with Crippen molar-refractivity contribution in [2.45, 2.75) is 64.7 Å². The number of hydrogen-bond acceptors (Lipinski definition) is 7. The summed E-state index contributed by atoms with van der Waals surface area (Å²) in [6, 6.07) is 13.5. The number of rotatable bonds is 11. The van der Waals surface area contributed by atoms with Crippen molar-refractivity contribution in [3.63, 3.8) is 0 Å². The summed E-state index contributed by atoms with van der Waals surface area (Å²) in [5.41, 5.74) is 3.66. The van der Waals surface area contributed by atoms with Gasteiger partial charge in [-0.15, -0.1) is 0 Å². The van der Waals surface area contributed by atoms with Crippen LogP contribution in [0.2, 0.25) is 0 Å². The minimum absolute atomic E-state index is 0.0506. The number of para-hydroxylation sites is 1. The number of allylic oxidation sites excluding steroid dienone is 1. The molecular formula is C32H39NO6. The van der Waals surface area contributed by atoms with E-state index in [0.29, 0.717) is 61.0 Å². The number of ether oxygens (including phenoxy) is 4. The molecule has 1 aliphatic heterocycles. The van der Waals surface area contributed by atoms with Gasteiger partial charge in [-0.05, 0) is 55.9 Å². The summed E-state index contributed by atoms with van der Waals surface area (Å²) in [7, 11) is 3.21. The highest BCUT2D eigenvalue weighted by Gasteiger charge is 2.47. The van der Waals surface area contributed by atoms with Crippen LogP contribution in [0.25, 0.3) is 0 Å². The third kappa shape index (κ3) is 6.02. The smallest absolute Gasteiger partial charge is 0.336 e. The average Bonchev–Trinajstić information content (AvgIpc) is 2.95. The van der Waals surface area contributed by atoms with E-state index in [-0.39, 0.29) is 11.7 Å². The van der Waals surface area contributed by atoms with Gasteiger partial charge in [0.15, 0.2) is 11.5 Å². The lowest BCUT2D eigenvalue weighted by Gasteiger charge is -2.38. The van der Waals surface area contributed by atoms with Crippen LogP contribution in [-0.4, -0.2) is 44.9 Å². The van der Waals surface area contributed by atoms with Crippen molar-refractivity contribution < 1.29 is 28.5 Å². The van der Waals surface area contributed by atoms with Gasteiger partial charge in [0.05, 0.1) is 38.9 Å². The third-order valence-electron chi connectivity index (χ3n) is 7.50. The van der Waals surface area contributed by atoms with Gasteiger partial charge in [0.1, 0.15) is 11.5 Å². The van der Waals surface area contributed by atoms with Gasteiger partial charge < -0.3 is 18.9 Å². The van der Waals surface area contributed by atoms with Crippen LogP contribution in [0.15, 0.2) is 58.7 Å². The SMILES string of the molecule is CCCCOc1ccccc1[C@H]1C(C(=O)OCCC)=C(C)N=C2C[C@@H](c3ccc(OC)c(OC)c3)CC(=O)C21. The highest BCUT2D eigenvalue weighted by atomic mass is 16.5. The number of ketones is 1. The van der Waals surface area contributed by atoms with Crippen molar-refractivity contribution in [3.05, 3.63) is 64.9 Å². The number of methoxy groups -OCH3 is 2.